The van der Waals surface area contributed by atoms with Crippen molar-refractivity contribution in [3.8, 4) is 5.69 Å². The van der Waals surface area contributed by atoms with Gasteiger partial charge in [-0.15, -0.1) is 0 Å². The number of rotatable bonds is 4. The lowest BCUT2D eigenvalue weighted by Gasteiger charge is -2.08. The first-order valence-electron chi connectivity index (χ1n) is 7.89. The van der Waals surface area contributed by atoms with Crippen LogP contribution in [0.25, 0.3) is 16.7 Å². The van der Waals surface area contributed by atoms with Crippen molar-refractivity contribution in [2.75, 3.05) is 5.32 Å². The van der Waals surface area contributed by atoms with Crippen molar-refractivity contribution >= 4 is 17.0 Å². The molecular weight excluding hydrogens is 316 g/mol. The molecule has 0 radical (unpaired) electrons. The minimum absolute atomic E-state index is 0.221. The minimum atomic E-state index is -0.221. The van der Waals surface area contributed by atoms with Gasteiger partial charge >= 0.3 is 0 Å². The molecule has 7 heteroatoms. The summed E-state index contributed by atoms with van der Waals surface area (Å²) in [5, 5.41) is 7.92. The summed E-state index contributed by atoms with van der Waals surface area (Å²) in [5.74, 6) is 0.409. The molecule has 0 saturated heterocycles. The Kier molecular flexibility index (Phi) is 3.74. The monoisotopic (exact) mass is 332 g/mol. The second-order valence-corrected chi connectivity index (χ2v) is 5.70. The number of pyridine rings is 1. The number of nitrogens with zero attached hydrogens (tertiary/aromatic N) is 4. The van der Waals surface area contributed by atoms with Crippen molar-refractivity contribution < 1.29 is 0 Å². The Hall–Kier alpha value is -3.48. The standard InChI is InChI=1S/C18H16N6O/c1-12-9-19-8-7-13(12)10-20-18-22-16-15(17(25)23-18)11-21-24(16)14-5-3-2-4-6-14/h2-9,11H,10H2,1H3,(H2,20,22,23,25). The summed E-state index contributed by atoms with van der Waals surface area (Å²) in [5.41, 5.74) is 3.32. The van der Waals surface area contributed by atoms with Crippen molar-refractivity contribution in [3.63, 3.8) is 0 Å². The molecule has 0 aliphatic carbocycles. The van der Waals surface area contributed by atoms with E-state index >= 15 is 0 Å². The number of aromatic amines is 1. The average Bonchev–Trinajstić information content (AvgIpc) is 3.06. The maximum absolute atomic E-state index is 12.3. The molecule has 25 heavy (non-hydrogen) atoms. The number of fused-ring (bicyclic) bond motifs is 1. The van der Waals surface area contributed by atoms with Crippen LogP contribution in [0.3, 0.4) is 0 Å². The van der Waals surface area contributed by atoms with Crippen LogP contribution < -0.4 is 10.9 Å². The van der Waals surface area contributed by atoms with Crippen molar-refractivity contribution in [1.29, 1.82) is 0 Å². The fourth-order valence-corrected chi connectivity index (χ4v) is 2.64. The predicted molar refractivity (Wildman–Crippen MR) is 95.8 cm³/mol. The van der Waals surface area contributed by atoms with E-state index in [1.807, 2.05) is 43.3 Å². The molecule has 0 atom stereocenters. The molecule has 124 valence electrons. The number of hydrogen-bond donors (Lipinski definition) is 2. The third kappa shape index (κ3) is 2.87. The zero-order valence-corrected chi connectivity index (χ0v) is 13.6. The summed E-state index contributed by atoms with van der Waals surface area (Å²) in [6.45, 7) is 2.54. The maximum atomic E-state index is 12.3. The van der Waals surface area contributed by atoms with Gasteiger partial charge in [0.05, 0.1) is 11.9 Å². The summed E-state index contributed by atoms with van der Waals surface area (Å²) in [6.07, 6.45) is 5.08. The van der Waals surface area contributed by atoms with Crippen LogP contribution in [0.1, 0.15) is 11.1 Å². The Labute approximate surface area is 143 Å². The fraction of sp³-hybridized carbons (Fsp3) is 0.111. The second kappa shape index (κ2) is 6.20. The Morgan fingerprint density at radius 2 is 2.00 bits per heavy atom. The number of hydrogen-bond acceptors (Lipinski definition) is 5. The predicted octanol–water partition coefficient (Wildman–Crippen LogP) is 2.42. The molecule has 0 unspecified atom stereocenters. The molecule has 4 aromatic rings. The van der Waals surface area contributed by atoms with Gasteiger partial charge in [-0.05, 0) is 36.2 Å². The number of aromatic nitrogens is 5. The number of nitrogens with one attached hydrogen (secondary N) is 2. The van der Waals surface area contributed by atoms with E-state index in [0.717, 1.165) is 16.8 Å². The Bertz CT molecular complexity index is 1080. The third-order valence-corrected chi connectivity index (χ3v) is 4.02. The number of anilines is 1. The number of para-hydroxylation sites is 1. The van der Waals surface area contributed by atoms with E-state index in [0.29, 0.717) is 23.5 Å². The van der Waals surface area contributed by atoms with Crippen molar-refractivity contribution in [2.24, 2.45) is 0 Å². The molecule has 4 rings (SSSR count). The largest absolute Gasteiger partial charge is 0.352 e. The first-order valence-corrected chi connectivity index (χ1v) is 7.89. The van der Waals surface area contributed by atoms with Crippen molar-refractivity contribution in [2.45, 2.75) is 13.5 Å². The van der Waals surface area contributed by atoms with E-state index < -0.39 is 0 Å². The first-order chi connectivity index (χ1) is 12.2. The molecule has 0 amide bonds. The van der Waals surface area contributed by atoms with Gasteiger partial charge in [0.25, 0.3) is 5.56 Å². The van der Waals surface area contributed by atoms with Crippen molar-refractivity contribution in [1.82, 2.24) is 24.7 Å². The Morgan fingerprint density at radius 3 is 2.80 bits per heavy atom. The number of benzene rings is 1. The highest BCUT2D eigenvalue weighted by Gasteiger charge is 2.11. The van der Waals surface area contributed by atoms with Crippen LogP contribution in [-0.2, 0) is 6.54 Å². The normalized spacial score (nSPS) is 10.9. The molecule has 0 fully saturated rings. The van der Waals surface area contributed by atoms with E-state index in [1.54, 1.807) is 17.1 Å². The van der Waals surface area contributed by atoms with E-state index in [-0.39, 0.29) is 5.56 Å². The van der Waals surface area contributed by atoms with Gasteiger partial charge in [0.2, 0.25) is 5.95 Å². The molecule has 0 aliphatic rings. The third-order valence-electron chi connectivity index (χ3n) is 4.02. The molecule has 3 aromatic heterocycles. The highest BCUT2D eigenvalue weighted by molar-refractivity contribution is 5.76. The number of aryl methyl sites for hydroxylation is 1. The Morgan fingerprint density at radius 1 is 1.16 bits per heavy atom. The molecule has 0 bridgehead atoms. The lowest BCUT2D eigenvalue weighted by atomic mass is 10.1. The molecule has 0 saturated carbocycles. The lowest BCUT2D eigenvalue weighted by Crippen LogP contribution is -2.14. The minimum Gasteiger partial charge on any atom is -0.352 e. The summed E-state index contributed by atoms with van der Waals surface area (Å²) >= 11 is 0. The lowest BCUT2D eigenvalue weighted by molar-refractivity contribution is 0.893. The smallest absolute Gasteiger partial charge is 0.263 e. The summed E-state index contributed by atoms with van der Waals surface area (Å²) in [6, 6.07) is 11.5. The van der Waals surface area contributed by atoms with Gasteiger partial charge in [0.1, 0.15) is 5.39 Å². The fourth-order valence-electron chi connectivity index (χ4n) is 2.64. The second-order valence-electron chi connectivity index (χ2n) is 5.70. The maximum Gasteiger partial charge on any atom is 0.263 e. The topological polar surface area (TPSA) is 88.5 Å². The molecule has 0 aliphatic heterocycles. The molecule has 7 nitrogen and oxygen atoms in total. The molecule has 1 aromatic carbocycles. The molecule has 0 spiro atoms. The Balaban J connectivity index is 1.71. The highest BCUT2D eigenvalue weighted by Crippen LogP contribution is 2.15. The quantitative estimate of drug-likeness (QED) is 0.599. The first kappa shape index (κ1) is 15.1. The van der Waals surface area contributed by atoms with Gasteiger partial charge < -0.3 is 5.32 Å². The van der Waals surface area contributed by atoms with Gasteiger partial charge in [-0.2, -0.15) is 10.1 Å². The highest BCUT2D eigenvalue weighted by atomic mass is 16.1. The van der Waals surface area contributed by atoms with Crippen molar-refractivity contribution in [3.05, 3.63) is 76.5 Å². The van der Waals surface area contributed by atoms with Gasteiger partial charge in [0, 0.05) is 18.9 Å². The van der Waals surface area contributed by atoms with E-state index in [9.17, 15) is 4.79 Å². The van der Waals surface area contributed by atoms with Crippen LogP contribution in [0.5, 0.6) is 0 Å². The average molecular weight is 332 g/mol. The molecular formula is C18H16N6O. The van der Waals surface area contributed by atoms with Crippen LogP contribution in [0, 0.1) is 6.92 Å². The van der Waals surface area contributed by atoms with Crippen LogP contribution in [-0.4, -0.2) is 24.7 Å². The van der Waals surface area contributed by atoms with Gasteiger partial charge in [-0.1, -0.05) is 18.2 Å². The van der Waals surface area contributed by atoms with E-state index in [1.165, 1.54) is 6.20 Å². The van der Waals surface area contributed by atoms with E-state index in [2.05, 4.69) is 25.4 Å². The van der Waals surface area contributed by atoms with Gasteiger partial charge in [0.15, 0.2) is 5.65 Å². The van der Waals surface area contributed by atoms with Crippen LogP contribution >= 0.6 is 0 Å². The van der Waals surface area contributed by atoms with Gasteiger partial charge in [-0.3, -0.25) is 14.8 Å². The molecule has 3 heterocycles. The zero-order chi connectivity index (χ0) is 17.2. The molecule has 2 N–H and O–H groups in total. The van der Waals surface area contributed by atoms with Crippen LogP contribution in [0.4, 0.5) is 5.95 Å². The van der Waals surface area contributed by atoms with Crippen LogP contribution in [0.15, 0.2) is 59.8 Å². The van der Waals surface area contributed by atoms with E-state index in [4.69, 9.17) is 0 Å². The van der Waals surface area contributed by atoms with Crippen LogP contribution in [0.2, 0.25) is 0 Å². The summed E-state index contributed by atoms with van der Waals surface area (Å²) in [7, 11) is 0. The van der Waals surface area contributed by atoms with Gasteiger partial charge in [-0.25, -0.2) is 4.68 Å². The summed E-state index contributed by atoms with van der Waals surface area (Å²) < 4.78 is 1.66. The summed E-state index contributed by atoms with van der Waals surface area (Å²) in [4.78, 5) is 23.7. The zero-order valence-electron chi connectivity index (χ0n) is 13.6. The number of H-pyrrole nitrogens is 1. The SMILES string of the molecule is Cc1cnccc1CNc1nc2c(cnn2-c2ccccc2)c(=O)[nH]1.